The van der Waals surface area contributed by atoms with Crippen molar-refractivity contribution in [1.29, 1.82) is 15.8 Å². The van der Waals surface area contributed by atoms with E-state index in [1.165, 1.54) is 12.0 Å². The largest absolute Gasteiger partial charge is 0.481 e. The normalized spacial score (nSPS) is 19.7. The minimum absolute atomic E-state index is 0.339. The molecule has 20 heterocycles. The maximum Gasteiger partial charge on any atom is 0.212 e. The van der Waals surface area contributed by atoms with Crippen LogP contribution in [0.15, 0.2) is 153 Å². The molecule has 2 bridgehead atoms. The van der Waals surface area contributed by atoms with Crippen molar-refractivity contribution in [2.45, 2.75) is 75.8 Å². The smallest absolute Gasteiger partial charge is 0.212 e. The summed E-state index contributed by atoms with van der Waals surface area (Å²) in [6.07, 6.45) is 26.8. The lowest BCUT2D eigenvalue weighted by Gasteiger charge is -2.56. The second-order valence-electron chi connectivity index (χ2n) is 30.0. The highest BCUT2D eigenvalue weighted by Gasteiger charge is 2.45. The van der Waals surface area contributed by atoms with Crippen LogP contribution in [0.5, 0.6) is 17.6 Å². The van der Waals surface area contributed by atoms with E-state index in [9.17, 15) is 30.4 Å². The Morgan fingerprint density at radius 1 is 0.400 bits per heavy atom. The Balaban J connectivity index is 0.000000124. The molecule has 2 unspecified atom stereocenters. The predicted molar refractivity (Wildman–Crippen MR) is 430 cm³/mol. The van der Waals surface area contributed by atoms with Crippen LogP contribution in [0.2, 0.25) is 0 Å². The Labute approximate surface area is 663 Å². The van der Waals surface area contributed by atoms with Crippen molar-refractivity contribution in [3.63, 3.8) is 0 Å². The van der Waals surface area contributed by atoms with Crippen LogP contribution in [0.3, 0.4) is 0 Å². The van der Waals surface area contributed by atoms with Gasteiger partial charge in [-0.25, -0.2) is 47.8 Å². The third kappa shape index (κ3) is 16.0. The van der Waals surface area contributed by atoms with Crippen molar-refractivity contribution in [2.24, 2.45) is 0 Å². The molecule has 0 amide bonds. The lowest BCUT2D eigenvalue weighted by atomic mass is 9.87. The summed E-state index contributed by atoms with van der Waals surface area (Å²) in [4.78, 5) is 57.3. The lowest BCUT2D eigenvalue weighted by molar-refractivity contribution is -0.00876. The number of nitriles is 3. The van der Waals surface area contributed by atoms with Gasteiger partial charge in [-0.1, -0.05) is 18.2 Å². The summed E-state index contributed by atoms with van der Waals surface area (Å²) in [5.74, 6) is 4.52. The molecule has 8 aliphatic heterocycles. The van der Waals surface area contributed by atoms with Gasteiger partial charge in [-0.05, 0) is 72.7 Å². The van der Waals surface area contributed by atoms with Gasteiger partial charge in [0, 0.05) is 202 Å². The molecule has 20 rings (SSSR count). The summed E-state index contributed by atoms with van der Waals surface area (Å²) in [5.41, 5.74) is 14.7. The van der Waals surface area contributed by atoms with Crippen LogP contribution in [-0.2, 0) is 19.6 Å². The summed E-state index contributed by atoms with van der Waals surface area (Å²) in [5, 5.41) is 62.3. The number of pyridine rings is 7. The molecule has 8 aliphatic rings. The third-order valence-corrected chi connectivity index (χ3v) is 22.9. The van der Waals surface area contributed by atoms with E-state index in [0.29, 0.717) is 101 Å². The van der Waals surface area contributed by atoms with Crippen LogP contribution in [-0.4, -0.2) is 250 Å². The quantitative estimate of drug-likeness (QED) is 0.0834. The lowest BCUT2D eigenvalue weighted by Crippen LogP contribution is -2.68. The summed E-state index contributed by atoms with van der Waals surface area (Å²) in [6, 6.07) is 29.8. The fraction of sp³-hybridized carbons (Fsp3) is 0.373. The standard InChI is InChI=1S/C29H29FN8O.2C27H29N9O2/c1-39-28-5-2-19(11-33-28)14-37-24-8-25(37)17-36(16-24)27-4-3-20(12-32-27)26-9-23(35-7-6-22(30)15-35)18-38-29(26)21(10-31)13-34-38;2*1-38-26-3-2-19(12-31-26)16-33-6-8-34(9-7-33)25-15-29-24(14-30-25)23-10-21(35-5-4-22(37)18-35)17-36-27(23)20(11-28)13-32-36/h2-5,9,11-13,18,22,24-25H,6-8,14-17H2,1H3;2*2-3,10,12-15,17,22,37H,4-9,16,18H2,1H3/t22-,24?,25?;2*22-/m010/s1. The molecule has 8 saturated heterocycles. The van der Waals surface area contributed by atoms with E-state index in [0.717, 1.165) is 184 Å². The van der Waals surface area contributed by atoms with Crippen molar-refractivity contribution in [3.8, 4) is 69.5 Å². The van der Waals surface area contributed by atoms with Gasteiger partial charge in [0.05, 0.1) is 157 Å². The van der Waals surface area contributed by atoms with E-state index in [1.807, 2.05) is 97.1 Å². The zero-order chi connectivity index (χ0) is 78.6. The number of ether oxygens (including phenoxy) is 3. The molecular formula is C83H87FN26O5. The maximum absolute atomic E-state index is 13.9. The van der Waals surface area contributed by atoms with E-state index in [1.54, 1.807) is 65.9 Å². The van der Waals surface area contributed by atoms with Crippen LogP contribution in [0.25, 0.3) is 50.2 Å². The highest BCUT2D eigenvalue weighted by atomic mass is 19.1. The molecule has 31 nitrogen and oxygen atoms in total. The molecule has 5 atom stereocenters. The Bertz CT molecular complexity index is 5310. The molecule has 8 fully saturated rings. The summed E-state index contributed by atoms with van der Waals surface area (Å²) >= 11 is 0. The number of anilines is 6. The predicted octanol–water partition coefficient (Wildman–Crippen LogP) is 7.60. The van der Waals surface area contributed by atoms with Crippen molar-refractivity contribution in [1.82, 2.24) is 83.4 Å². The van der Waals surface area contributed by atoms with E-state index < -0.39 is 6.17 Å². The van der Waals surface area contributed by atoms with Crippen molar-refractivity contribution in [3.05, 3.63) is 187 Å². The Hall–Kier alpha value is -12.8. The number of alkyl halides is 1. The number of methoxy groups -OCH3 is 3. The number of nitrogens with zero attached hydrogens (tertiary/aromatic N) is 26. The van der Waals surface area contributed by atoms with Crippen LogP contribution >= 0.6 is 0 Å². The second-order valence-corrected chi connectivity index (χ2v) is 30.0. The van der Waals surface area contributed by atoms with Crippen LogP contribution in [0.4, 0.5) is 38.9 Å². The Morgan fingerprint density at radius 3 is 1.18 bits per heavy atom. The number of piperazine rings is 3. The SMILES string of the molecule is COc1ccc(CN2C3CC2CN(c2ccc(-c4cc(N5CC[C@H](F)C5)cn5ncc(C#N)c45)cn2)C3)cn1.COc1ccc(CN2CCN(c3cnc(-c4cc(N5CC[C@@H](O)C5)cn5ncc(C#N)c45)cn3)CC2)cn1.COc1ccc(CN2CCN(c3cnc(-c4cc(N5CC[C@H](O)C5)cn5ncc(C#N)c45)cn3)CC2)cn1. The molecule has 0 aliphatic carbocycles. The first-order valence-corrected chi connectivity index (χ1v) is 38.8. The highest BCUT2D eigenvalue weighted by molar-refractivity contribution is 5.88. The molecule has 2 N–H and O–H groups in total. The van der Waals surface area contributed by atoms with Crippen molar-refractivity contribution in [2.75, 3.05) is 155 Å². The number of hydrogen-bond donors (Lipinski definition) is 2. The number of β-amino-alcohol motifs (C(OH)–C–C–N with tert-alkyl or cyclic N) is 2. The third-order valence-electron chi connectivity index (χ3n) is 22.9. The van der Waals surface area contributed by atoms with E-state index in [2.05, 4.69) is 118 Å². The minimum atomic E-state index is -0.822. The van der Waals surface area contributed by atoms with Crippen molar-refractivity contribution >= 4 is 51.1 Å². The van der Waals surface area contributed by atoms with E-state index in [-0.39, 0.29) is 12.2 Å². The summed E-state index contributed by atoms with van der Waals surface area (Å²) in [6.45, 7) is 15.3. The number of fused-ring (bicyclic) bond motifs is 5. The average Bonchev–Trinajstić information content (AvgIpc) is 1.47. The van der Waals surface area contributed by atoms with Crippen LogP contribution < -0.4 is 43.6 Å². The Morgan fingerprint density at radius 2 is 0.817 bits per heavy atom. The number of halogens is 1. The van der Waals surface area contributed by atoms with Gasteiger partial charge >= 0.3 is 0 Å². The van der Waals surface area contributed by atoms with Gasteiger partial charge in [-0.2, -0.15) is 31.1 Å². The summed E-state index contributed by atoms with van der Waals surface area (Å²) < 4.78 is 34.6. The number of aromatic nitrogens is 14. The molecule has 0 radical (unpaired) electrons. The molecular weight excluding hydrogens is 1460 g/mol. The first kappa shape index (κ1) is 74.9. The molecule has 0 aromatic carbocycles. The topological polar surface area (TPSA) is 324 Å². The molecule has 12 aromatic heterocycles. The number of hydrogen-bond acceptors (Lipinski definition) is 28. The van der Waals surface area contributed by atoms with Gasteiger partial charge in [0.2, 0.25) is 17.6 Å². The van der Waals surface area contributed by atoms with E-state index >= 15 is 0 Å². The minimum Gasteiger partial charge on any atom is -0.481 e. The van der Waals surface area contributed by atoms with Gasteiger partial charge in [0.15, 0.2) is 0 Å². The van der Waals surface area contributed by atoms with Crippen LogP contribution in [0, 0.1) is 34.0 Å². The fourth-order valence-corrected chi connectivity index (χ4v) is 16.6. The Kier molecular flexibility index (Phi) is 21.6. The average molecular weight is 1550 g/mol. The van der Waals surface area contributed by atoms with Crippen molar-refractivity contribution < 1.29 is 28.8 Å². The molecule has 586 valence electrons. The van der Waals surface area contributed by atoms with Gasteiger partial charge < -0.3 is 53.8 Å². The first-order valence-electron chi connectivity index (χ1n) is 38.8. The zero-order valence-electron chi connectivity index (χ0n) is 64.2. The molecule has 12 aromatic rings. The van der Waals surface area contributed by atoms with E-state index in [4.69, 9.17) is 39.1 Å². The molecule has 32 heteroatoms. The van der Waals surface area contributed by atoms with Crippen LogP contribution in [0.1, 0.15) is 59.1 Å². The number of piperidine rings is 1. The summed E-state index contributed by atoms with van der Waals surface area (Å²) in [7, 11) is 4.87. The van der Waals surface area contributed by atoms with Gasteiger partial charge in [0.25, 0.3) is 0 Å². The molecule has 115 heavy (non-hydrogen) atoms. The zero-order valence-corrected chi connectivity index (χ0v) is 64.2. The number of rotatable bonds is 18. The van der Waals surface area contributed by atoms with Gasteiger partial charge in [-0.3, -0.25) is 24.7 Å². The number of aliphatic hydroxyl groups is 2. The highest BCUT2D eigenvalue weighted by Crippen LogP contribution is 2.39. The molecule has 0 saturated carbocycles. The number of aliphatic hydroxyl groups excluding tert-OH is 2. The monoisotopic (exact) mass is 1550 g/mol. The van der Waals surface area contributed by atoms with Gasteiger partial charge in [0.1, 0.15) is 41.8 Å². The molecule has 0 spiro atoms. The maximum atomic E-state index is 13.9. The fourth-order valence-electron chi connectivity index (χ4n) is 16.6. The van der Waals surface area contributed by atoms with Gasteiger partial charge in [-0.15, -0.1) is 0 Å². The second kappa shape index (κ2) is 33.1. The first-order chi connectivity index (χ1) is 56.3.